The topological polar surface area (TPSA) is 94.5 Å². The van der Waals surface area contributed by atoms with Gasteiger partial charge in [0.1, 0.15) is 23.9 Å². The Labute approximate surface area is 213 Å². The van der Waals surface area contributed by atoms with Gasteiger partial charge in [-0.1, -0.05) is 31.9 Å². The molecule has 2 aromatic carbocycles. The van der Waals surface area contributed by atoms with E-state index in [0.717, 1.165) is 37.0 Å². The van der Waals surface area contributed by atoms with Crippen molar-refractivity contribution < 1.29 is 46.8 Å². The van der Waals surface area contributed by atoms with Crippen LogP contribution in [0.4, 0.5) is 18.0 Å². The molecule has 0 radical (unpaired) electrons. The number of carboxylic acids is 1. The summed E-state index contributed by atoms with van der Waals surface area (Å²) < 4.78 is 57.1. The molecular weight excluding hydrogens is 495 g/mol. The molecule has 0 spiro atoms. The summed E-state index contributed by atoms with van der Waals surface area (Å²) in [5, 5.41) is 9.22. The van der Waals surface area contributed by atoms with Crippen molar-refractivity contribution in [3.05, 3.63) is 54.1 Å². The Kier molecular flexibility index (Phi) is 12.0. The maximum absolute atomic E-state index is 12.7. The van der Waals surface area contributed by atoms with E-state index in [0.29, 0.717) is 18.9 Å². The van der Waals surface area contributed by atoms with Crippen LogP contribution in [0, 0.1) is 0 Å². The third kappa shape index (κ3) is 11.4. The van der Waals surface area contributed by atoms with Gasteiger partial charge in [-0.2, -0.15) is 0 Å². The molecule has 0 heterocycles. The van der Waals surface area contributed by atoms with Gasteiger partial charge in [0.25, 0.3) is 0 Å². The molecule has 1 amide bonds. The maximum atomic E-state index is 12.7. The van der Waals surface area contributed by atoms with E-state index in [1.807, 2.05) is 6.92 Å². The molecule has 1 N–H and O–H groups in total. The second kappa shape index (κ2) is 14.9. The Balaban J connectivity index is 1.91. The summed E-state index contributed by atoms with van der Waals surface area (Å²) in [6.45, 7) is 4.90. The van der Waals surface area contributed by atoms with Crippen LogP contribution in [-0.4, -0.2) is 60.8 Å². The smallest absolute Gasteiger partial charge is 0.492 e. The van der Waals surface area contributed by atoms with E-state index in [-0.39, 0.29) is 25.3 Å². The molecule has 11 heteroatoms. The zero-order valence-corrected chi connectivity index (χ0v) is 20.8. The number of ether oxygens (including phenoxy) is 4. The normalized spacial score (nSPS) is 12.0. The highest BCUT2D eigenvalue weighted by molar-refractivity contribution is 5.72. The van der Waals surface area contributed by atoms with Gasteiger partial charge in [0.15, 0.2) is 6.10 Å². The van der Waals surface area contributed by atoms with Crippen LogP contribution in [0.15, 0.2) is 48.5 Å². The summed E-state index contributed by atoms with van der Waals surface area (Å²) in [7, 11) is 0. The van der Waals surface area contributed by atoms with Crippen LogP contribution in [0.2, 0.25) is 0 Å². The Morgan fingerprint density at radius 1 is 0.919 bits per heavy atom. The number of aliphatic carboxylic acids is 1. The molecule has 1 unspecified atom stereocenters. The predicted octanol–water partition coefficient (Wildman–Crippen LogP) is 5.69. The van der Waals surface area contributed by atoms with Crippen molar-refractivity contribution in [3.8, 4) is 17.2 Å². The highest BCUT2D eigenvalue weighted by atomic mass is 19.4. The van der Waals surface area contributed by atoms with Gasteiger partial charge < -0.3 is 29.0 Å². The fourth-order valence-corrected chi connectivity index (χ4v) is 3.35. The van der Waals surface area contributed by atoms with Crippen LogP contribution in [0.25, 0.3) is 0 Å². The SMILES string of the molecule is CCCCCN(CCOc1ccc(CC(OCC)C(=O)O)cc1)C(=O)Oc1ccc(OC(F)(F)F)cc1. The number of alkyl halides is 3. The Morgan fingerprint density at radius 2 is 1.54 bits per heavy atom. The lowest BCUT2D eigenvalue weighted by atomic mass is 10.1. The summed E-state index contributed by atoms with van der Waals surface area (Å²) in [5.74, 6) is -0.803. The number of amides is 1. The van der Waals surface area contributed by atoms with Gasteiger partial charge in [0, 0.05) is 19.6 Å². The number of benzene rings is 2. The molecule has 2 aromatic rings. The number of hydrogen-bond donors (Lipinski definition) is 1. The molecule has 0 bridgehead atoms. The first-order valence-electron chi connectivity index (χ1n) is 12.0. The van der Waals surface area contributed by atoms with E-state index in [9.17, 15) is 27.9 Å². The highest BCUT2D eigenvalue weighted by Gasteiger charge is 2.31. The maximum Gasteiger partial charge on any atom is 0.573 e. The van der Waals surface area contributed by atoms with Gasteiger partial charge in [0.05, 0.1) is 6.54 Å². The average Bonchev–Trinajstić information content (AvgIpc) is 2.84. The summed E-state index contributed by atoms with van der Waals surface area (Å²) in [6, 6.07) is 11.5. The Morgan fingerprint density at radius 3 is 2.11 bits per heavy atom. The molecule has 0 aliphatic rings. The molecule has 0 aliphatic heterocycles. The van der Waals surface area contributed by atoms with Crippen molar-refractivity contribution >= 4 is 12.1 Å². The monoisotopic (exact) mass is 527 g/mol. The van der Waals surface area contributed by atoms with E-state index < -0.39 is 30.3 Å². The predicted molar refractivity (Wildman–Crippen MR) is 129 cm³/mol. The molecule has 0 aromatic heterocycles. The molecule has 1 atom stereocenters. The minimum Gasteiger partial charge on any atom is -0.492 e. The van der Waals surface area contributed by atoms with E-state index >= 15 is 0 Å². The molecular formula is C26H32F3NO7. The summed E-state index contributed by atoms with van der Waals surface area (Å²) in [4.78, 5) is 25.4. The first kappa shape index (κ1) is 29.8. The Bertz CT molecular complexity index is 966. The lowest BCUT2D eigenvalue weighted by Gasteiger charge is -2.22. The number of carbonyl (C=O) groups is 2. The molecule has 0 fully saturated rings. The number of unbranched alkanes of at least 4 members (excludes halogenated alkanes) is 2. The largest absolute Gasteiger partial charge is 0.573 e. The minimum atomic E-state index is -4.81. The second-order valence-corrected chi connectivity index (χ2v) is 8.06. The van der Waals surface area contributed by atoms with Gasteiger partial charge in [-0.15, -0.1) is 13.2 Å². The van der Waals surface area contributed by atoms with Crippen molar-refractivity contribution in [2.75, 3.05) is 26.3 Å². The molecule has 204 valence electrons. The van der Waals surface area contributed by atoms with Crippen LogP contribution in [0.3, 0.4) is 0 Å². The van der Waals surface area contributed by atoms with Gasteiger partial charge in [-0.3, -0.25) is 0 Å². The molecule has 37 heavy (non-hydrogen) atoms. The first-order chi connectivity index (χ1) is 17.6. The third-order valence-electron chi connectivity index (χ3n) is 5.17. The van der Waals surface area contributed by atoms with Crippen molar-refractivity contribution in [2.24, 2.45) is 0 Å². The minimum absolute atomic E-state index is 0.0863. The Hall–Kier alpha value is -3.47. The quantitative estimate of drug-likeness (QED) is 0.298. The average molecular weight is 528 g/mol. The molecule has 0 saturated carbocycles. The van der Waals surface area contributed by atoms with E-state index in [2.05, 4.69) is 4.74 Å². The lowest BCUT2D eigenvalue weighted by Crippen LogP contribution is -2.37. The summed E-state index contributed by atoms with van der Waals surface area (Å²) >= 11 is 0. The number of hydrogen-bond acceptors (Lipinski definition) is 6. The fraction of sp³-hybridized carbons (Fsp3) is 0.462. The van der Waals surface area contributed by atoms with E-state index in [4.69, 9.17) is 14.2 Å². The van der Waals surface area contributed by atoms with Crippen molar-refractivity contribution in [1.82, 2.24) is 4.90 Å². The third-order valence-corrected chi connectivity index (χ3v) is 5.17. The van der Waals surface area contributed by atoms with Crippen molar-refractivity contribution in [3.63, 3.8) is 0 Å². The molecule has 0 aliphatic carbocycles. The van der Waals surface area contributed by atoms with E-state index in [1.54, 1.807) is 31.2 Å². The van der Waals surface area contributed by atoms with Crippen LogP contribution >= 0.6 is 0 Å². The van der Waals surface area contributed by atoms with Gasteiger partial charge in [-0.25, -0.2) is 9.59 Å². The summed E-state index contributed by atoms with van der Waals surface area (Å²) in [5.41, 5.74) is 0.782. The zero-order chi connectivity index (χ0) is 27.3. The molecule has 0 saturated heterocycles. The van der Waals surface area contributed by atoms with Gasteiger partial charge >= 0.3 is 18.4 Å². The standard InChI is InChI=1S/C26H32F3NO7/c1-3-5-6-15-30(25(33)36-21-11-13-22(14-12-21)37-26(27,28)29)16-17-35-20-9-7-19(8-10-20)18-23(24(31)32)34-4-2/h7-14,23H,3-6,15-18H2,1-2H3,(H,31,32). The first-order valence-corrected chi connectivity index (χ1v) is 12.0. The van der Waals surface area contributed by atoms with Crippen LogP contribution in [0.1, 0.15) is 38.7 Å². The fourth-order valence-electron chi connectivity index (χ4n) is 3.35. The number of carbonyl (C=O) groups excluding carboxylic acids is 1. The van der Waals surface area contributed by atoms with Crippen LogP contribution < -0.4 is 14.2 Å². The lowest BCUT2D eigenvalue weighted by molar-refractivity contribution is -0.274. The number of carboxylic acid groups (broad SMARTS) is 1. The number of rotatable bonds is 15. The van der Waals surface area contributed by atoms with Crippen LogP contribution in [-0.2, 0) is 16.0 Å². The number of halogens is 3. The van der Waals surface area contributed by atoms with Crippen molar-refractivity contribution in [2.45, 2.75) is 52.0 Å². The molecule has 8 nitrogen and oxygen atoms in total. The van der Waals surface area contributed by atoms with Crippen molar-refractivity contribution in [1.29, 1.82) is 0 Å². The highest BCUT2D eigenvalue weighted by Crippen LogP contribution is 2.25. The molecule has 2 rings (SSSR count). The summed E-state index contributed by atoms with van der Waals surface area (Å²) in [6.07, 6.45) is -3.53. The van der Waals surface area contributed by atoms with Gasteiger partial charge in [-0.05, 0) is 55.3 Å². The second-order valence-electron chi connectivity index (χ2n) is 8.06. The zero-order valence-electron chi connectivity index (χ0n) is 20.8. The van der Waals surface area contributed by atoms with Gasteiger partial charge in [0.2, 0.25) is 0 Å². The number of nitrogens with zero attached hydrogens (tertiary/aromatic N) is 1. The van der Waals surface area contributed by atoms with E-state index in [1.165, 1.54) is 17.0 Å². The van der Waals surface area contributed by atoms with Crippen LogP contribution in [0.5, 0.6) is 17.2 Å².